The van der Waals surface area contributed by atoms with Crippen LogP contribution in [0.2, 0.25) is 0 Å². The fourth-order valence-electron chi connectivity index (χ4n) is 4.07. The Kier molecular flexibility index (Phi) is 6.12. The van der Waals surface area contributed by atoms with Gasteiger partial charge in [0.05, 0.1) is 30.4 Å². The molecule has 5 rings (SSSR count). The van der Waals surface area contributed by atoms with Gasteiger partial charge in [0.25, 0.3) is 0 Å². The molecule has 33 heavy (non-hydrogen) atoms. The first-order chi connectivity index (χ1) is 16.2. The van der Waals surface area contributed by atoms with Gasteiger partial charge in [0.2, 0.25) is 5.88 Å². The van der Waals surface area contributed by atoms with Gasteiger partial charge in [0, 0.05) is 18.3 Å². The Morgan fingerprint density at radius 3 is 2.88 bits per heavy atom. The van der Waals surface area contributed by atoms with E-state index in [4.69, 9.17) is 18.9 Å². The van der Waals surface area contributed by atoms with Crippen LogP contribution in [-0.2, 0) is 11.2 Å². The molecular formula is C24H26N4O5. The second-order valence-electron chi connectivity index (χ2n) is 7.92. The number of benzene rings is 1. The van der Waals surface area contributed by atoms with Crippen molar-refractivity contribution in [1.82, 2.24) is 15.3 Å². The molecular weight excluding hydrogens is 424 g/mol. The fourth-order valence-corrected chi connectivity index (χ4v) is 4.07. The van der Waals surface area contributed by atoms with Crippen molar-refractivity contribution in [3.63, 3.8) is 0 Å². The summed E-state index contributed by atoms with van der Waals surface area (Å²) in [6.07, 6.45) is 2.85. The molecule has 0 spiro atoms. The number of cyclic esters (lactones) is 1. The van der Waals surface area contributed by atoms with Gasteiger partial charge in [0.1, 0.15) is 19.3 Å². The van der Waals surface area contributed by atoms with Gasteiger partial charge >= 0.3 is 6.09 Å². The molecule has 9 heteroatoms. The lowest BCUT2D eigenvalue weighted by molar-refractivity contribution is 0.136. The van der Waals surface area contributed by atoms with E-state index in [1.54, 1.807) is 18.2 Å². The Balaban J connectivity index is 1.11. The lowest BCUT2D eigenvalue weighted by Crippen LogP contribution is -2.27. The predicted molar refractivity (Wildman–Crippen MR) is 122 cm³/mol. The van der Waals surface area contributed by atoms with Crippen molar-refractivity contribution < 1.29 is 23.7 Å². The van der Waals surface area contributed by atoms with Gasteiger partial charge in [-0.15, -0.1) is 0 Å². The minimum atomic E-state index is -0.333. The number of carbonyl (C=O) groups excluding carboxylic acids is 1. The molecule has 1 fully saturated rings. The van der Waals surface area contributed by atoms with Gasteiger partial charge in [0.15, 0.2) is 11.5 Å². The summed E-state index contributed by atoms with van der Waals surface area (Å²) < 4.78 is 22.0. The Hall–Kier alpha value is -3.59. The number of ether oxygens (including phenoxy) is 4. The highest BCUT2D eigenvalue weighted by molar-refractivity contribution is 5.90. The van der Waals surface area contributed by atoms with Crippen LogP contribution in [-0.4, -0.2) is 62.1 Å². The molecule has 1 saturated heterocycles. The molecule has 2 aromatic heterocycles. The molecule has 4 heterocycles. The molecule has 0 bridgehead atoms. The van der Waals surface area contributed by atoms with E-state index in [9.17, 15) is 4.79 Å². The van der Waals surface area contributed by atoms with E-state index in [-0.39, 0.29) is 12.2 Å². The van der Waals surface area contributed by atoms with Crippen molar-refractivity contribution in [2.75, 3.05) is 44.9 Å². The van der Waals surface area contributed by atoms with Crippen molar-refractivity contribution >= 4 is 22.8 Å². The number of rotatable bonds is 8. The van der Waals surface area contributed by atoms with Crippen LogP contribution >= 0.6 is 0 Å². The normalized spacial score (nSPS) is 17.3. The molecule has 1 aromatic carbocycles. The first-order valence-electron chi connectivity index (χ1n) is 11.1. The number of methoxy groups -OCH3 is 1. The maximum absolute atomic E-state index is 12.4. The molecule has 0 saturated carbocycles. The van der Waals surface area contributed by atoms with Gasteiger partial charge in [-0.05, 0) is 55.8 Å². The highest BCUT2D eigenvalue weighted by atomic mass is 16.6. The van der Waals surface area contributed by atoms with Crippen LogP contribution in [0.5, 0.6) is 17.4 Å². The van der Waals surface area contributed by atoms with Crippen LogP contribution in [0.15, 0.2) is 42.6 Å². The first kappa shape index (κ1) is 21.3. The molecule has 0 unspecified atom stereocenters. The molecule has 3 aromatic rings. The van der Waals surface area contributed by atoms with E-state index in [0.717, 1.165) is 48.2 Å². The fraction of sp³-hybridized carbons (Fsp3) is 0.375. The van der Waals surface area contributed by atoms with Crippen LogP contribution in [0, 0.1) is 0 Å². The Morgan fingerprint density at radius 2 is 2.00 bits per heavy atom. The monoisotopic (exact) mass is 450 g/mol. The molecule has 2 aliphatic rings. The Labute approximate surface area is 191 Å². The number of hydrogen-bond acceptors (Lipinski definition) is 8. The van der Waals surface area contributed by atoms with Crippen molar-refractivity contribution in [3.8, 4) is 17.4 Å². The number of fused-ring (bicyclic) bond motifs is 2. The highest BCUT2D eigenvalue weighted by Gasteiger charge is 2.32. The zero-order valence-corrected chi connectivity index (χ0v) is 18.5. The van der Waals surface area contributed by atoms with Crippen LogP contribution < -0.4 is 24.4 Å². The summed E-state index contributed by atoms with van der Waals surface area (Å²) in [4.78, 5) is 22.9. The molecule has 2 aliphatic heterocycles. The number of carbonyl (C=O) groups is 1. The second-order valence-corrected chi connectivity index (χ2v) is 7.92. The molecule has 1 N–H and O–H groups in total. The Bertz CT molecular complexity index is 1150. The van der Waals surface area contributed by atoms with E-state index in [1.165, 1.54) is 0 Å². The molecule has 172 valence electrons. The first-order valence-corrected chi connectivity index (χ1v) is 11.1. The molecule has 1 atom stereocenters. The van der Waals surface area contributed by atoms with Gasteiger partial charge in [-0.3, -0.25) is 9.88 Å². The quantitative estimate of drug-likeness (QED) is 0.524. The molecule has 9 nitrogen and oxygen atoms in total. The lowest BCUT2D eigenvalue weighted by atomic mass is 10.1. The second kappa shape index (κ2) is 9.50. The van der Waals surface area contributed by atoms with E-state index >= 15 is 0 Å². The summed E-state index contributed by atoms with van der Waals surface area (Å²) >= 11 is 0. The minimum absolute atomic E-state index is 0.161. The average Bonchev–Trinajstić information content (AvgIpc) is 3.23. The summed E-state index contributed by atoms with van der Waals surface area (Å²) in [5.41, 5.74) is 3.58. The number of anilines is 1. The number of amides is 1. The number of aromatic nitrogens is 2. The number of nitrogens with zero attached hydrogens (tertiary/aromatic N) is 3. The third-order valence-electron chi connectivity index (χ3n) is 5.78. The summed E-state index contributed by atoms with van der Waals surface area (Å²) in [6.45, 7) is 3.08. The maximum atomic E-state index is 12.4. The Morgan fingerprint density at radius 1 is 1.12 bits per heavy atom. The molecule has 0 aliphatic carbocycles. The van der Waals surface area contributed by atoms with Gasteiger partial charge in [-0.25, -0.2) is 9.78 Å². The van der Waals surface area contributed by atoms with Gasteiger partial charge < -0.3 is 24.3 Å². The average molecular weight is 450 g/mol. The van der Waals surface area contributed by atoms with Gasteiger partial charge in [-0.1, -0.05) is 0 Å². The third-order valence-corrected chi connectivity index (χ3v) is 5.78. The van der Waals surface area contributed by atoms with E-state index in [1.807, 2.05) is 36.4 Å². The van der Waals surface area contributed by atoms with E-state index < -0.39 is 0 Å². The SMILES string of the molecule is COc1ccc2nccc(CCNCC[C@H]3CN(c4ccc5c(c4)OCCO5)C(=O)O3)c2n1. The third kappa shape index (κ3) is 4.63. The van der Waals surface area contributed by atoms with E-state index in [0.29, 0.717) is 37.1 Å². The largest absolute Gasteiger partial charge is 0.486 e. The van der Waals surface area contributed by atoms with Gasteiger partial charge in [-0.2, -0.15) is 0 Å². The topological polar surface area (TPSA) is 95.0 Å². The lowest BCUT2D eigenvalue weighted by Gasteiger charge is -2.21. The predicted octanol–water partition coefficient (Wildman–Crippen LogP) is 2.96. The highest BCUT2D eigenvalue weighted by Crippen LogP contribution is 2.35. The van der Waals surface area contributed by atoms with Crippen molar-refractivity contribution in [3.05, 3.63) is 48.2 Å². The van der Waals surface area contributed by atoms with E-state index in [2.05, 4.69) is 15.3 Å². The van der Waals surface area contributed by atoms with Crippen LogP contribution in [0.25, 0.3) is 11.0 Å². The number of hydrogen-bond donors (Lipinski definition) is 1. The number of pyridine rings is 2. The van der Waals surface area contributed by atoms with Crippen molar-refractivity contribution in [1.29, 1.82) is 0 Å². The van der Waals surface area contributed by atoms with Crippen molar-refractivity contribution in [2.45, 2.75) is 18.9 Å². The summed E-state index contributed by atoms with van der Waals surface area (Å²) in [5, 5.41) is 3.44. The molecule has 1 amide bonds. The van der Waals surface area contributed by atoms with Crippen molar-refractivity contribution in [2.24, 2.45) is 0 Å². The summed E-state index contributed by atoms with van der Waals surface area (Å²) in [5.74, 6) is 1.94. The molecule has 0 radical (unpaired) electrons. The summed E-state index contributed by atoms with van der Waals surface area (Å²) in [6, 6.07) is 11.2. The number of nitrogens with one attached hydrogen (secondary N) is 1. The smallest absolute Gasteiger partial charge is 0.414 e. The van der Waals surface area contributed by atoms with Crippen LogP contribution in [0.4, 0.5) is 10.5 Å². The zero-order chi connectivity index (χ0) is 22.6. The minimum Gasteiger partial charge on any atom is -0.486 e. The summed E-state index contributed by atoms with van der Waals surface area (Å²) in [7, 11) is 1.61. The zero-order valence-electron chi connectivity index (χ0n) is 18.5. The maximum Gasteiger partial charge on any atom is 0.414 e. The van der Waals surface area contributed by atoms with Crippen LogP contribution in [0.3, 0.4) is 0 Å². The standard InChI is InChI=1S/C24H26N4O5/c1-30-22-5-3-19-23(27-22)16(7-11-26-19)6-9-25-10-8-18-15-28(24(29)33-18)17-2-4-20-21(14-17)32-13-12-31-20/h2-5,7,11,14,18,25H,6,8-10,12-13,15H2,1H3/t18-/m0/s1. The van der Waals surface area contributed by atoms with Crippen LogP contribution in [0.1, 0.15) is 12.0 Å².